The predicted octanol–water partition coefficient (Wildman–Crippen LogP) is 3.49. The van der Waals surface area contributed by atoms with Crippen LogP contribution in [0, 0.1) is 0 Å². The van der Waals surface area contributed by atoms with Crippen molar-refractivity contribution in [3.63, 3.8) is 0 Å². The van der Waals surface area contributed by atoms with Crippen molar-refractivity contribution in [2.24, 2.45) is 7.05 Å². The molecule has 35 heavy (non-hydrogen) atoms. The first-order valence-electron chi connectivity index (χ1n) is 10.7. The number of halogens is 3. The molecule has 0 bridgehead atoms. The maximum Gasteiger partial charge on any atom is 0.487 e. The summed E-state index contributed by atoms with van der Waals surface area (Å²) in [6.45, 7) is 3.62. The topological polar surface area (TPSA) is 98.6 Å². The van der Waals surface area contributed by atoms with Gasteiger partial charge in [-0.15, -0.1) is 8.78 Å². The van der Waals surface area contributed by atoms with Crippen molar-refractivity contribution in [3.05, 3.63) is 64.8 Å². The number of hydrogen-bond acceptors (Lipinski definition) is 7. The molecule has 1 N–H and O–H groups in total. The van der Waals surface area contributed by atoms with Crippen molar-refractivity contribution >= 4 is 29.0 Å². The summed E-state index contributed by atoms with van der Waals surface area (Å²) in [6.07, 6.45) is 2.84. The first-order chi connectivity index (χ1) is 16.6. The molecule has 1 atom stereocenters. The van der Waals surface area contributed by atoms with E-state index in [2.05, 4.69) is 20.0 Å². The Morgan fingerprint density at radius 2 is 2.00 bits per heavy atom. The highest BCUT2D eigenvalue weighted by atomic mass is 35.5. The minimum absolute atomic E-state index is 0.0299. The van der Waals surface area contributed by atoms with Gasteiger partial charge < -0.3 is 24.3 Å². The molecule has 1 saturated heterocycles. The quantitative estimate of drug-likeness (QED) is 0.512. The number of nitrogens with one attached hydrogen (secondary N) is 1. The number of morpholine rings is 1. The summed E-state index contributed by atoms with van der Waals surface area (Å²) in [7, 11) is 1.59. The second-order valence-corrected chi connectivity index (χ2v) is 8.40. The molecular weight excluding hydrogens is 484 g/mol. The molecule has 3 aromatic rings. The van der Waals surface area contributed by atoms with E-state index in [1.165, 1.54) is 47.4 Å². The van der Waals surface area contributed by atoms with Gasteiger partial charge in [0.2, 0.25) is 0 Å². The van der Waals surface area contributed by atoms with Gasteiger partial charge >= 0.3 is 5.57 Å². The largest absolute Gasteiger partial charge is 0.487 e. The molecule has 0 saturated carbocycles. The Labute approximate surface area is 204 Å². The molecule has 12 heteroatoms. The predicted molar refractivity (Wildman–Crippen MR) is 126 cm³/mol. The smallest absolute Gasteiger partial charge is 0.420 e. The van der Waals surface area contributed by atoms with Crippen LogP contribution in [0.25, 0.3) is 11.3 Å². The van der Waals surface area contributed by atoms with Crippen LogP contribution in [0.3, 0.4) is 0 Å². The molecule has 3 heterocycles. The summed E-state index contributed by atoms with van der Waals surface area (Å²) in [5.41, 5.74) is -2.61. The maximum atomic E-state index is 12.9. The van der Waals surface area contributed by atoms with Crippen molar-refractivity contribution in [2.75, 3.05) is 30.0 Å². The van der Waals surface area contributed by atoms with E-state index in [9.17, 15) is 18.4 Å². The summed E-state index contributed by atoms with van der Waals surface area (Å²) in [5.74, 6) is -0.0604. The van der Waals surface area contributed by atoms with E-state index < -0.39 is 11.5 Å². The molecule has 9 nitrogen and oxygen atoms in total. The lowest BCUT2D eigenvalue weighted by Crippen LogP contribution is -2.44. The number of pyridine rings is 1. The van der Waals surface area contributed by atoms with E-state index in [-0.39, 0.29) is 22.9 Å². The standard InChI is InChI=1S/C23H22ClF2N5O4/c1-14-12-34-8-7-31(14)21-18(19-10-20(32)30(2)13-28-19)9-15(11-27-21)22(33)29-16-3-5-17(6-4-16)35-23(24,25)26/h3-6,9-11,13-14H,7-8,12H2,1-2H3,(H,29,33)/t14-/m0/s1. The molecule has 1 aliphatic heterocycles. The van der Waals surface area contributed by atoms with E-state index in [1.54, 1.807) is 13.1 Å². The first kappa shape index (κ1) is 24.6. The van der Waals surface area contributed by atoms with Crippen LogP contribution in [0.15, 0.2) is 53.7 Å². The SMILES string of the molecule is C[C@H]1COCCN1c1ncc(C(=O)Nc2ccc(OC(F)(F)Cl)cc2)cc1-c1cc(=O)n(C)cn1. The van der Waals surface area contributed by atoms with Crippen LogP contribution < -0.4 is 20.5 Å². The van der Waals surface area contributed by atoms with Gasteiger partial charge in [0.1, 0.15) is 11.6 Å². The summed E-state index contributed by atoms with van der Waals surface area (Å²) in [5, 5.41) is 2.68. The van der Waals surface area contributed by atoms with E-state index >= 15 is 0 Å². The third-order valence-corrected chi connectivity index (χ3v) is 5.45. The highest BCUT2D eigenvalue weighted by molar-refractivity contribution is 6.20. The molecule has 1 aromatic carbocycles. The van der Waals surface area contributed by atoms with Crippen molar-refractivity contribution < 1.29 is 23.0 Å². The zero-order valence-electron chi connectivity index (χ0n) is 18.9. The van der Waals surface area contributed by atoms with E-state index in [1.807, 2.05) is 11.8 Å². The van der Waals surface area contributed by atoms with Gasteiger partial charge in [0.05, 0.1) is 36.8 Å². The minimum atomic E-state index is -3.83. The van der Waals surface area contributed by atoms with Gasteiger partial charge in [-0.2, -0.15) is 0 Å². The number of alkyl halides is 3. The highest BCUT2D eigenvalue weighted by Gasteiger charge is 2.28. The summed E-state index contributed by atoms with van der Waals surface area (Å²) in [4.78, 5) is 36.2. The lowest BCUT2D eigenvalue weighted by atomic mass is 10.1. The van der Waals surface area contributed by atoms with Crippen LogP contribution in [0.5, 0.6) is 5.75 Å². The van der Waals surface area contributed by atoms with Gasteiger partial charge in [-0.3, -0.25) is 9.59 Å². The van der Waals surface area contributed by atoms with E-state index in [0.29, 0.717) is 42.5 Å². The van der Waals surface area contributed by atoms with Crippen LogP contribution in [-0.2, 0) is 11.8 Å². The highest BCUT2D eigenvalue weighted by Crippen LogP contribution is 2.31. The zero-order valence-corrected chi connectivity index (χ0v) is 19.6. The Kier molecular flexibility index (Phi) is 6.99. The number of amides is 1. The average Bonchev–Trinajstić information content (AvgIpc) is 2.81. The second kappa shape index (κ2) is 9.96. The molecule has 1 aliphatic rings. The summed E-state index contributed by atoms with van der Waals surface area (Å²) < 4.78 is 36.7. The third-order valence-electron chi connectivity index (χ3n) is 5.37. The first-order valence-corrected chi connectivity index (χ1v) is 11.0. The molecule has 184 valence electrons. The van der Waals surface area contributed by atoms with Crippen LogP contribution in [0.2, 0.25) is 0 Å². The van der Waals surface area contributed by atoms with E-state index in [0.717, 1.165) is 0 Å². The minimum Gasteiger partial charge on any atom is -0.420 e. The molecular formula is C23H22ClF2N5O4. The van der Waals surface area contributed by atoms with Crippen molar-refractivity contribution in [1.29, 1.82) is 0 Å². The average molecular weight is 506 g/mol. The zero-order chi connectivity index (χ0) is 25.2. The maximum absolute atomic E-state index is 12.9. The van der Waals surface area contributed by atoms with Gasteiger partial charge in [-0.25, -0.2) is 9.97 Å². The third kappa shape index (κ3) is 5.92. The fourth-order valence-corrected chi connectivity index (χ4v) is 3.68. The molecule has 2 aromatic heterocycles. The molecule has 1 amide bonds. The molecule has 0 unspecified atom stereocenters. The van der Waals surface area contributed by atoms with Gasteiger partial charge in [0.15, 0.2) is 0 Å². The van der Waals surface area contributed by atoms with Crippen molar-refractivity contribution in [3.8, 4) is 17.0 Å². The van der Waals surface area contributed by atoms with Crippen LogP contribution in [0.1, 0.15) is 17.3 Å². The Balaban J connectivity index is 1.64. The molecule has 1 fully saturated rings. The monoisotopic (exact) mass is 505 g/mol. The number of aromatic nitrogens is 3. The number of ether oxygens (including phenoxy) is 2. The number of rotatable bonds is 6. The van der Waals surface area contributed by atoms with Gasteiger partial charge in [-0.05, 0) is 37.3 Å². The Morgan fingerprint density at radius 1 is 1.26 bits per heavy atom. The molecule has 4 rings (SSSR count). The van der Waals surface area contributed by atoms with Crippen molar-refractivity contribution in [1.82, 2.24) is 14.5 Å². The summed E-state index contributed by atoms with van der Waals surface area (Å²) in [6, 6.07) is 8.34. The van der Waals surface area contributed by atoms with Crippen LogP contribution in [0.4, 0.5) is 20.3 Å². The molecule has 0 radical (unpaired) electrons. The number of carbonyl (C=O) groups is 1. The second-order valence-electron chi connectivity index (χ2n) is 7.96. The van der Waals surface area contributed by atoms with Crippen LogP contribution >= 0.6 is 11.6 Å². The fourth-order valence-electron chi connectivity index (χ4n) is 3.59. The lowest BCUT2D eigenvalue weighted by Gasteiger charge is -2.35. The Bertz CT molecular complexity index is 1280. The molecule has 0 aliphatic carbocycles. The number of carbonyl (C=O) groups excluding carboxylic acids is 1. The number of anilines is 2. The van der Waals surface area contributed by atoms with Crippen LogP contribution in [-0.4, -0.2) is 51.8 Å². The number of hydrogen-bond donors (Lipinski definition) is 1. The van der Waals surface area contributed by atoms with E-state index in [4.69, 9.17) is 16.3 Å². The van der Waals surface area contributed by atoms with Gasteiger partial charge in [0, 0.05) is 48.7 Å². The van der Waals surface area contributed by atoms with Crippen molar-refractivity contribution in [2.45, 2.75) is 18.5 Å². The number of benzene rings is 1. The number of nitrogens with zero attached hydrogens (tertiary/aromatic N) is 4. The van der Waals surface area contributed by atoms with Gasteiger partial charge in [0.25, 0.3) is 11.5 Å². The lowest BCUT2D eigenvalue weighted by molar-refractivity contribution is -0.0964. The number of aryl methyl sites for hydroxylation is 1. The Hall–Kier alpha value is -3.57. The van der Waals surface area contributed by atoms with Gasteiger partial charge in [-0.1, -0.05) is 0 Å². The Morgan fingerprint density at radius 3 is 2.66 bits per heavy atom. The fraction of sp³-hybridized carbons (Fsp3) is 0.304. The molecule has 0 spiro atoms. The summed E-state index contributed by atoms with van der Waals surface area (Å²) >= 11 is 4.76. The normalized spacial score (nSPS) is 16.1.